The Morgan fingerprint density at radius 3 is 2.03 bits per heavy atom. The maximum atomic E-state index is 13.2. The van der Waals surface area contributed by atoms with Crippen LogP contribution >= 0.6 is 0 Å². The molecule has 10 nitrogen and oxygen atoms in total. The van der Waals surface area contributed by atoms with Gasteiger partial charge in [0, 0.05) is 4.92 Å². The van der Waals surface area contributed by atoms with E-state index in [1.165, 1.54) is 14.2 Å². The minimum atomic E-state index is -1.18. The molecule has 1 unspecified atom stereocenters. The van der Waals surface area contributed by atoms with E-state index in [-0.39, 0.29) is 17.8 Å². The molecular formula is C20H26N4O6. The number of carbonyl (C=O) groups is 1. The van der Waals surface area contributed by atoms with E-state index in [0.29, 0.717) is 5.56 Å². The molecule has 0 aliphatic rings. The lowest BCUT2D eigenvalue weighted by molar-refractivity contribution is -0.483. The summed E-state index contributed by atoms with van der Waals surface area (Å²) in [4.78, 5) is 36.5. The lowest BCUT2D eigenvalue weighted by Gasteiger charge is -2.27. The van der Waals surface area contributed by atoms with Crippen molar-refractivity contribution in [3.63, 3.8) is 0 Å². The smallest absolute Gasteiger partial charge is 0.322 e. The number of carbonyl (C=O) groups excluding carboxylic acids is 1. The SMILES string of the molecule is COc1nc(OC)nc(C(C(=O)OC(C)(C)C)[C@@H](C[N+](=O)[O-])c2ccc(C)cc2)n1. The standard InChI is InChI=1S/C20H26N4O6/c1-12-7-9-13(10-8-12)14(11-24(26)27)15(17(25)30-20(2,3)4)16-21-18(28-5)23-19(22-16)29-6/h7-10,14-15H,11H2,1-6H3/t14-,15?/m0/s1. The molecule has 0 aliphatic heterocycles. The molecule has 0 bridgehead atoms. The van der Waals surface area contributed by atoms with Crippen molar-refractivity contribution in [1.29, 1.82) is 0 Å². The third kappa shape index (κ3) is 6.10. The lowest BCUT2D eigenvalue weighted by Crippen LogP contribution is -2.34. The highest BCUT2D eigenvalue weighted by Gasteiger charge is 2.40. The fraction of sp³-hybridized carbons (Fsp3) is 0.500. The molecule has 2 aromatic rings. The summed E-state index contributed by atoms with van der Waals surface area (Å²) in [7, 11) is 2.71. The van der Waals surface area contributed by atoms with Gasteiger partial charge in [-0.2, -0.15) is 9.97 Å². The second kappa shape index (κ2) is 9.47. The molecular weight excluding hydrogens is 392 g/mol. The monoisotopic (exact) mass is 418 g/mol. The van der Waals surface area contributed by atoms with Crippen molar-refractivity contribution >= 4 is 5.97 Å². The summed E-state index contributed by atoms with van der Waals surface area (Å²) < 4.78 is 15.7. The molecule has 0 spiro atoms. The average molecular weight is 418 g/mol. The predicted molar refractivity (Wildman–Crippen MR) is 107 cm³/mol. The first-order valence-electron chi connectivity index (χ1n) is 9.29. The third-order valence-corrected chi connectivity index (χ3v) is 4.17. The minimum absolute atomic E-state index is 0.0274. The molecule has 2 rings (SSSR count). The maximum Gasteiger partial charge on any atom is 0.322 e. The van der Waals surface area contributed by atoms with Gasteiger partial charge in [0.1, 0.15) is 11.5 Å². The largest absolute Gasteiger partial charge is 0.467 e. The van der Waals surface area contributed by atoms with Crippen molar-refractivity contribution < 1.29 is 23.9 Å². The Morgan fingerprint density at radius 1 is 1.07 bits per heavy atom. The first kappa shape index (κ1) is 23.0. The number of nitrogens with zero attached hydrogens (tertiary/aromatic N) is 4. The summed E-state index contributed by atoms with van der Waals surface area (Å²) in [5, 5.41) is 11.5. The van der Waals surface area contributed by atoms with Crippen LogP contribution < -0.4 is 9.47 Å². The first-order valence-corrected chi connectivity index (χ1v) is 9.29. The number of rotatable bonds is 8. The molecule has 0 amide bonds. The van der Waals surface area contributed by atoms with Gasteiger partial charge in [-0.15, -0.1) is 4.98 Å². The minimum Gasteiger partial charge on any atom is -0.467 e. The Bertz CT molecular complexity index is 873. The van der Waals surface area contributed by atoms with Crippen LogP contribution in [0.3, 0.4) is 0 Å². The average Bonchev–Trinajstić information content (AvgIpc) is 2.66. The number of methoxy groups -OCH3 is 2. The highest BCUT2D eigenvalue weighted by atomic mass is 16.6. The number of esters is 1. The zero-order valence-electron chi connectivity index (χ0n) is 17.9. The fourth-order valence-corrected chi connectivity index (χ4v) is 2.87. The van der Waals surface area contributed by atoms with Gasteiger partial charge in [0.05, 0.1) is 20.1 Å². The number of nitro groups is 1. The van der Waals surface area contributed by atoms with Gasteiger partial charge in [-0.05, 0) is 33.3 Å². The van der Waals surface area contributed by atoms with Gasteiger partial charge in [0.15, 0.2) is 5.82 Å². The molecule has 10 heteroatoms. The molecule has 0 radical (unpaired) electrons. The second-order valence-electron chi connectivity index (χ2n) is 7.71. The summed E-state index contributed by atoms with van der Waals surface area (Å²) in [5.74, 6) is -2.78. The van der Waals surface area contributed by atoms with Crippen molar-refractivity contribution in [2.24, 2.45) is 0 Å². The normalized spacial score (nSPS) is 13.3. The number of ether oxygens (including phenoxy) is 3. The third-order valence-electron chi connectivity index (χ3n) is 4.17. The molecule has 162 valence electrons. The van der Waals surface area contributed by atoms with Gasteiger partial charge < -0.3 is 14.2 Å². The van der Waals surface area contributed by atoms with E-state index in [1.807, 2.05) is 19.1 Å². The van der Waals surface area contributed by atoms with Crippen LogP contribution in [0.5, 0.6) is 12.0 Å². The van der Waals surface area contributed by atoms with Gasteiger partial charge in [-0.1, -0.05) is 29.8 Å². The van der Waals surface area contributed by atoms with Crippen LogP contribution in [-0.2, 0) is 9.53 Å². The van der Waals surface area contributed by atoms with Gasteiger partial charge in [0.2, 0.25) is 6.54 Å². The van der Waals surface area contributed by atoms with Crippen LogP contribution in [0.4, 0.5) is 0 Å². The number of hydrogen-bond acceptors (Lipinski definition) is 9. The van der Waals surface area contributed by atoms with Crippen LogP contribution in [0, 0.1) is 17.0 Å². The Morgan fingerprint density at radius 2 is 1.60 bits per heavy atom. The number of aryl methyl sites for hydroxylation is 1. The van der Waals surface area contributed by atoms with Crippen LogP contribution in [0.25, 0.3) is 0 Å². The highest BCUT2D eigenvalue weighted by molar-refractivity contribution is 5.79. The van der Waals surface area contributed by atoms with E-state index in [4.69, 9.17) is 14.2 Å². The number of benzene rings is 1. The molecule has 0 saturated carbocycles. The summed E-state index contributed by atoms with van der Waals surface area (Å²) in [6.45, 7) is 6.52. The molecule has 30 heavy (non-hydrogen) atoms. The van der Waals surface area contributed by atoms with Gasteiger partial charge >= 0.3 is 18.0 Å². The molecule has 0 aliphatic carbocycles. The lowest BCUT2D eigenvalue weighted by atomic mass is 9.84. The van der Waals surface area contributed by atoms with Gasteiger partial charge in [-0.25, -0.2) is 0 Å². The van der Waals surface area contributed by atoms with E-state index in [0.717, 1.165) is 5.56 Å². The molecule has 1 heterocycles. The van der Waals surface area contributed by atoms with Gasteiger partial charge in [-0.3, -0.25) is 14.9 Å². The van der Waals surface area contributed by atoms with E-state index >= 15 is 0 Å². The van der Waals surface area contributed by atoms with Crippen LogP contribution in [0.2, 0.25) is 0 Å². The van der Waals surface area contributed by atoms with Crippen molar-refractivity contribution in [3.05, 3.63) is 51.3 Å². The summed E-state index contributed by atoms with van der Waals surface area (Å²) in [6.07, 6.45) is 0. The fourth-order valence-electron chi connectivity index (χ4n) is 2.87. The zero-order valence-corrected chi connectivity index (χ0v) is 17.9. The van der Waals surface area contributed by atoms with E-state index in [9.17, 15) is 14.9 Å². The van der Waals surface area contributed by atoms with Crippen molar-refractivity contribution in [2.75, 3.05) is 20.8 Å². The Kier molecular flexibility index (Phi) is 7.25. The van der Waals surface area contributed by atoms with Crippen LogP contribution in [0.15, 0.2) is 24.3 Å². The topological polar surface area (TPSA) is 127 Å². The maximum absolute atomic E-state index is 13.2. The zero-order chi connectivity index (χ0) is 22.5. The van der Waals surface area contributed by atoms with E-state index in [1.54, 1.807) is 32.9 Å². The summed E-state index contributed by atoms with van der Waals surface area (Å²) in [5.41, 5.74) is 0.755. The molecule has 1 aromatic carbocycles. The number of aromatic nitrogens is 3. The van der Waals surface area contributed by atoms with Crippen molar-refractivity contribution in [3.8, 4) is 12.0 Å². The van der Waals surface area contributed by atoms with Crippen molar-refractivity contribution in [1.82, 2.24) is 15.0 Å². The predicted octanol–water partition coefficient (Wildman–Crippen LogP) is 2.68. The second-order valence-corrected chi connectivity index (χ2v) is 7.71. The molecule has 1 aromatic heterocycles. The van der Waals surface area contributed by atoms with Crippen LogP contribution in [0.1, 0.15) is 49.6 Å². The van der Waals surface area contributed by atoms with E-state index < -0.39 is 34.9 Å². The molecule has 2 atom stereocenters. The highest BCUT2D eigenvalue weighted by Crippen LogP contribution is 2.35. The summed E-state index contributed by atoms with van der Waals surface area (Å²) in [6, 6.07) is 6.99. The molecule has 0 saturated heterocycles. The van der Waals surface area contributed by atoms with E-state index in [2.05, 4.69) is 15.0 Å². The first-order chi connectivity index (χ1) is 14.0. The Hall–Kier alpha value is -3.30. The summed E-state index contributed by atoms with van der Waals surface area (Å²) >= 11 is 0. The quantitative estimate of drug-likeness (QED) is 0.361. The van der Waals surface area contributed by atoms with Crippen LogP contribution in [-0.4, -0.2) is 52.2 Å². The van der Waals surface area contributed by atoms with Gasteiger partial charge in [0.25, 0.3) is 0 Å². The molecule has 0 N–H and O–H groups in total. The molecule has 0 fully saturated rings. The Labute approximate surface area is 174 Å². The number of hydrogen-bond donors (Lipinski definition) is 0. The van der Waals surface area contributed by atoms with Crippen molar-refractivity contribution in [2.45, 2.75) is 45.1 Å². The Balaban J connectivity index is 2.66.